The standard InChI is InChI=1S/C14H24N4/c1-10(2)13-8-14(17-9-16-13)18-12-7-5-3-4-6-11(12)15/h8-12H,3-7,15H2,1-2H3,(H,16,17,18). The number of nitrogens with one attached hydrogen (secondary N) is 1. The summed E-state index contributed by atoms with van der Waals surface area (Å²) in [4.78, 5) is 8.59. The summed E-state index contributed by atoms with van der Waals surface area (Å²) in [6.07, 6.45) is 7.70. The van der Waals surface area contributed by atoms with Crippen LogP contribution in [0.4, 0.5) is 5.82 Å². The molecule has 0 saturated heterocycles. The van der Waals surface area contributed by atoms with Crippen molar-refractivity contribution in [3.8, 4) is 0 Å². The average Bonchev–Trinajstić information content (AvgIpc) is 2.55. The molecule has 1 aliphatic carbocycles. The van der Waals surface area contributed by atoms with E-state index in [0.717, 1.165) is 24.4 Å². The zero-order valence-corrected chi connectivity index (χ0v) is 11.4. The first-order chi connectivity index (χ1) is 8.66. The van der Waals surface area contributed by atoms with Crippen LogP contribution in [0.2, 0.25) is 0 Å². The highest BCUT2D eigenvalue weighted by Crippen LogP contribution is 2.21. The van der Waals surface area contributed by atoms with Crippen molar-refractivity contribution < 1.29 is 0 Å². The van der Waals surface area contributed by atoms with Crippen LogP contribution in [0.3, 0.4) is 0 Å². The number of aromatic nitrogens is 2. The zero-order chi connectivity index (χ0) is 13.0. The van der Waals surface area contributed by atoms with Gasteiger partial charge in [-0.05, 0) is 18.8 Å². The number of nitrogens with two attached hydrogens (primary N) is 1. The summed E-state index contributed by atoms with van der Waals surface area (Å²) in [5.41, 5.74) is 7.30. The monoisotopic (exact) mass is 248 g/mol. The Morgan fingerprint density at radius 1 is 1.22 bits per heavy atom. The SMILES string of the molecule is CC(C)c1cc(NC2CCCCCC2N)ncn1. The van der Waals surface area contributed by atoms with Crippen LogP contribution in [-0.4, -0.2) is 22.1 Å². The Balaban J connectivity index is 2.05. The van der Waals surface area contributed by atoms with E-state index in [1.165, 1.54) is 19.3 Å². The smallest absolute Gasteiger partial charge is 0.129 e. The lowest BCUT2D eigenvalue weighted by molar-refractivity contribution is 0.526. The first-order valence-corrected chi connectivity index (χ1v) is 7.01. The van der Waals surface area contributed by atoms with Crippen LogP contribution in [0.1, 0.15) is 57.6 Å². The third kappa shape index (κ3) is 3.42. The predicted molar refractivity (Wildman–Crippen MR) is 74.6 cm³/mol. The summed E-state index contributed by atoms with van der Waals surface area (Å²) in [7, 11) is 0. The maximum atomic E-state index is 6.22. The molecule has 2 atom stereocenters. The molecular formula is C14H24N4. The largest absolute Gasteiger partial charge is 0.366 e. The molecule has 2 unspecified atom stereocenters. The summed E-state index contributed by atoms with van der Waals surface area (Å²) in [5.74, 6) is 1.34. The second kappa shape index (κ2) is 6.14. The second-order valence-electron chi connectivity index (χ2n) is 5.54. The van der Waals surface area contributed by atoms with E-state index in [9.17, 15) is 0 Å². The minimum atomic E-state index is 0.241. The van der Waals surface area contributed by atoms with Crippen molar-refractivity contribution in [2.75, 3.05) is 5.32 Å². The summed E-state index contributed by atoms with van der Waals surface area (Å²) in [5, 5.41) is 3.49. The normalized spacial score (nSPS) is 24.9. The molecule has 1 heterocycles. The van der Waals surface area contributed by atoms with Gasteiger partial charge in [0.2, 0.25) is 0 Å². The van der Waals surface area contributed by atoms with E-state index in [4.69, 9.17) is 5.73 Å². The Morgan fingerprint density at radius 3 is 2.78 bits per heavy atom. The molecule has 4 heteroatoms. The van der Waals surface area contributed by atoms with Crippen molar-refractivity contribution in [1.29, 1.82) is 0 Å². The molecule has 1 aliphatic rings. The van der Waals surface area contributed by atoms with Gasteiger partial charge >= 0.3 is 0 Å². The van der Waals surface area contributed by atoms with Crippen molar-refractivity contribution in [1.82, 2.24) is 9.97 Å². The van der Waals surface area contributed by atoms with E-state index in [2.05, 4.69) is 29.1 Å². The average molecular weight is 248 g/mol. The molecule has 2 rings (SSSR count). The Kier molecular flexibility index (Phi) is 4.53. The van der Waals surface area contributed by atoms with Crippen molar-refractivity contribution in [3.63, 3.8) is 0 Å². The highest BCUT2D eigenvalue weighted by Gasteiger charge is 2.20. The topological polar surface area (TPSA) is 63.8 Å². The molecule has 1 saturated carbocycles. The number of hydrogen-bond donors (Lipinski definition) is 2. The summed E-state index contributed by atoms with van der Waals surface area (Å²) < 4.78 is 0. The van der Waals surface area contributed by atoms with E-state index < -0.39 is 0 Å². The van der Waals surface area contributed by atoms with Crippen LogP contribution in [0.25, 0.3) is 0 Å². The predicted octanol–water partition coefficient (Wildman–Crippen LogP) is 2.67. The molecule has 100 valence electrons. The minimum Gasteiger partial charge on any atom is -0.366 e. The summed E-state index contributed by atoms with van der Waals surface area (Å²) in [6.45, 7) is 4.28. The van der Waals surface area contributed by atoms with E-state index >= 15 is 0 Å². The zero-order valence-electron chi connectivity index (χ0n) is 11.4. The number of hydrogen-bond acceptors (Lipinski definition) is 4. The van der Waals surface area contributed by atoms with Gasteiger partial charge in [-0.25, -0.2) is 9.97 Å². The van der Waals surface area contributed by atoms with Crippen molar-refractivity contribution in [2.45, 2.75) is 64.0 Å². The molecular weight excluding hydrogens is 224 g/mol. The second-order valence-corrected chi connectivity index (χ2v) is 5.54. The van der Waals surface area contributed by atoms with Gasteiger partial charge in [-0.2, -0.15) is 0 Å². The molecule has 18 heavy (non-hydrogen) atoms. The van der Waals surface area contributed by atoms with E-state index in [1.807, 2.05) is 6.07 Å². The number of anilines is 1. The van der Waals surface area contributed by atoms with Crippen LogP contribution in [0.5, 0.6) is 0 Å². The summed E-state index contributed by atoms with van der Waals surface area (Å²) >= 11 is 0. The van der Waals surface area contributed by atoms with Crippen LogP contribution in [0.15, 0.2) is 12.4 Å². The minimum absolute atomic E-state index is 0.241. The highest BCUT2D eigenvalue weighted by molar-refractivity contribution is 5.37. The first-order valence-electron chi connectivity index (χ1n) is 7.01. The van der Waals surface area contributed by atoms with E-state index in [0.29, 0.717) is 12.0 Å². The highest BCUT2D eigenvalue weighted by atomic mass is 15.1. The quantitative estimate of drug-likeness (QED) is 0.807. The van der Waals surface area contributed by atoms with Crippen molar-refractivity contribution in [2.24, 2.45) is 5.73 Å². The molecule has 0 aliphatic heterocycles. The fourth-order valence-electron chi connectivity index (χ4n) is 2.47. The molecule has 4 nitrogen and oxygen atoms in total. The van der Waals surface area contributed by atoms with E-state index in [1.54, 1.807) is 6.33 Å². The van der Waals surface area contributed by atoms with Gasteiger partial charge in [0.15, 0.2) is 0 Å². The molecule has 0 spiro atoms. The van der Waals surface area contributed by atoms with E-state index in [-0.39, 0.29) is 6.04 Å². The molecule has 0 radical (unpaired) electrons. The lowest BCUT2D eigenvalue weighted by Crippen LogP contribution is -2.39. The fourth-order valence-corrected chi connectivity index (χ4v) is 2.47. The first kappa shape index (κ1) is 13.3. The molecule has 3 N–H and O–H groups in total. The third-order valence-electron chi connectivity index (χ3n) is 3.68. The fraction of sp³-hybridized carbons (Fsp3) is 0.714. The molecule has 0 aromatic carbocycles. The van der Waals surface area contributed by atoms with Crippen LogP contribution in [-0.2, 0) is 0 Å². The van der Waals surface area contributed by atoms with Crippen LogP contribution in [0, 0.1) is 0 Å². The molecule has 1 aromatic rings. The van der Waals surface area contributed by atoms with Gasteiger partial charge in [0, 0.05) is 23.8 Å². The van der Waals surface area contributed by atoms with Gasteiger partial charge in [0.25, 0.3) is 0 Å². The lowest BCUT2D eigenvalue weighted by Gasteiger charge is -2.23. The molecule has 0 bridgehead atoms. The Morgan fingerprint density at radius 2 is 2.00 bits per heavy atom. The van der Waals surface area contributed by atoms with Crippen molar-refractivity contribution in [3.05, 3.63) is 18.1 Å². The van der Waals surface area contributed by atoms with Gasteiger partial charge in [0.05, 0.1) is 0 Å². The van der Waals surface area contributed by atoms with Gasteiger partial charge in [-0.15, -0.1) is 0 Å². The molecule has 1 aromatic heterocycles. The number of rotatable bonds is 3. The van der Waals surface area contributed by atoms with Gasteiger partial charge in [-0.1, -0.05) is 33.1 Å². The van der Waals surface area contributed by atoms with Crippen LogP contribution < -0.4 is 11.1 Å². The maximum absolute atomic E-state index is 6.22. The maximum Gasteiger partial charge on any atom is 0.129 e. The van der Waals surface area contributed by atoms with Gasteiger partial charge in [0.1, 0.15) is 12.1 Å². The van der Waals surface area contributed by atoms with Crippen molar-refractivity contribution >= 4 is 5.82 Å². The van der Waals surface area contributed by atoms with Gasteiger partial charge in [-0.3, -0.25) is 0 Å². The van der Waals surface area contributed by atoms with Gasteiger partial charge < -0.3 is 11.1 Å². The lowest BCUT2D eigenvalue weighted by atomic mass is 10.0. The Bertz CT molecular complexity index is 378. The summed E-state index contributed by atoms with van der Waals surface area (Å²) in [6, 6.07) is 2.63. The number of nitrogens with zero attached hydrogens (tertiary/aromatic N) is 2. The third-order valence-corrected chi connectivity index (χ3v) is 3.68. The Labute approximate surface area is 109 Å². The van der Waals surface area contributed by atoms with Crippen LogP contribution >= 0.6 is 0 Å². The Hall–Kier alpha value is -1.16. The molecule has 0 amide bonds. The molecule has 1 fully saturated rings.